The van der Waals surface area contributed by atoms with Crippen LogP contribution in [0.1, 0.15) is 53.4 Å². The van der Waals surface area contributed by atoms with E-state index in [2.05, 4.69) is 71.3 Å². The number of pyridine rings is 1. The minimum atomic E-state index is 0. The topological polar surface area (TPSA) is 64.3 Å². The number of methoxy groups -OCH3 is 1. The third-order valence-corrected chi connectivity index (χ3v) is 8.87. The Balaban J connectivity index is 0.000000269. The van der Waals surface area contributed by atoms with E-state index in [0.29, 0.717) is 0 Å². The second-order valence-corrected chi connectivity index (χ2v) is 11.5. The summed E-state index contributed by atoms with van der Waals surface area (Å²) in [6.45, 7) is 8.07. The normalized spacial score (nSPS) is 11.5. The minimum Gasteiger partial charge on any atom is -0.512 e. The molecule has 2 heterocycles. The smallest absolute Gasteiger partial charge is 0.162 e. The van der Waals surface area contributed by atoms with Crippen molar-refractivity contribution in [1.29, 1.82) is 0 Å². The van der Waals surface area contributed by atoms with Gasteiger partial charge in [-0.1, -0.05) is 64.1 Å². The summed E-state index contributed by atoms with van der Waals surface area (Å²) >= 11 is 0. The number of benzene rings is 4. The number of hydrogen-bond acceptors (Lipinski definition) is 4. The Labute approximate surface area is 291 Å². The van der Waals surface area contributed by atoms with E-state index in [-0.39, 0.29) is 43.5 Å². The molecular weight excluding hydrogens is 761 g/mol. The molecule has 0 aliphatic rings. The van der Waals surface area contributed by atoms with Crippen molar-refractivity contribution in [2.45, 2.75) is 53.4 Å². The quantitative estimate of drug-likeness (QED) is 0.0851. The number of carbonyl (C=O) groups excluding carboxylic acids is 1. The molecule has 0 unspecified atom stereocenters. The van der Waals surface area contributed by atoms with Gasteiger partial charge in [-0.2, -0.15) is 0 Å². The number of ether oxygens (including phenoxy) is 1. The fraction of sp³-hybridized carbons (Fsp3) is 0.268. The van der Waals surface area contributed by atoms with Gasteiger partial charge in [0.05, 0.1) is 23.9 Å². The van der Waals surface area contributed by atoms with Crippen LogP contribution in [0, 0.1) is 17.9 Å². The molecule has 0 bridgehead atoms. The van der Waals surface area contributed by atoms with E-state index in [1.807, 2.05) is 64.1 Å². The van der Waals surface area contributed by atoms with Gasteiger partial charge in [-0.15, -0.1) is 35.9 Å². The number of rotatable bonds is 10. The van der Waals surface area contributed by atoms with Crippen LogP contribution >= 0.6 is 0 Å². The zero-order chi connectivity index (χ0) is 32.6. The van der Waals surface area contributed by atoms with Crippen molar-refractivity contribution in [3.05, 3.63) is 115 Å². The molecule has 5 nitrogen and oxygen atoms in total. The van der Waals surface area contributed by atoms with E-state index in [9.17, 15) is 9.90 Å². The third-order valence-electron chi connectivity index (χ3n) is 8.87. The molecule has 4 aromatic carbocycles. The van der Waals surface area contributed by atoms with Crippen LogP contribution in [0.2, 0.25) is 0 Å². The molecule has 1 N–H and O–H groups in total. The predicted octanol–water partition coefficient (Wildman–Crippen LogP) is 10.7. The van der Waals surface area contributed by atoms with Gasteiger partial charge in [0.2, 0.25) is 0 Å². The van der Waals surface area contributed by atoms with Gasteiger partial charge in [0.25, 0.3) is 0 Å². The van der Waals surface area contributed by atoms with Gasteiger partial charge in [-0.3, -0.25) is 9.78 Å². The van der Waals surface area contributed by atoms with Crippen LogP contribution in [-0.4, -0.2) is 27.6 Å². The number of aliphatic hydroxyl groups is 1. The molecule has 0 aliphatic heterocycles. The van der Waals surface area contributed by atoms with E-state index in [1.54, 1.807) is 7.11 Å². The molecular formula is C41H43IrN2O3-. The summed E-state index contributed by atoms with van der Waals surface area (Å²) in [5, 5.41) is 13.3. The molecule has 2 aromatic heterocycles. The third kappa shape index (κ3) is 7.51. The van der Waals surface area contributed by atoms with Gasteiger partial charge in [-0.25, -0.2) is 0 Å². The van der Waals surface area contributed by atoms with E-state index in [1.165, 1.54) is 16.8 Å². The average Bonchev–Trinajstić information content (AvgIpc) is 3.45. The second-order valence-electron chi connectivity index (χ2n) is 11.5. The Morgan fingerprint density at radius 2 is 1.51 bits per heavy atom. The molecule has 0 saturated carbocycles. The van der Waals surface area contributed by atoms with Crippen molar-refractivity contribution in [2.75, 3.05) is 7.11 Å². The summed E-state index contributed by atoms with van der Waals surface area (Å²) in [4.78, 5) is 16.8. The van der Waals surface area contributed by atoms with Crippen LogP contribution in [0.4, 0.5) is 0 Å². The zero-order valence-electron chi connectivity index (χ0n) is 27.8. The fourth-order valence-corrected chi connectivity index (χ4v) is 6.21. The number of allylic oxidation sites excluding steroid dienone is 2. The number of ketones is 1. The summed E-state index contributed by atoms with van der Waals surface area (Å²) in [6.07, 6.45) is 4.91. The van der Waals surface area contributed by atoms with Crippen LogP contribution in [0.25, 0.3) is 49.7 Å². The molecule has 6 heteroatoms. The van der Waals surface area contributed by atoms with Crippen molar-refractivity contribution in [2.24, 2.45) is 11.8 Å². The first-order valence-electron chi connectivity index (χ1n) is 16.3. The first-order valence-corrected chi connectivity index (χ1v) is 16.3. The minimum absolute atomic E-state index is 0. The van der Waals surface area contributed by atoms with Gasteiger partial charge in [0.1, 0.15) is 5.75 Å². The molecule has 47 heavy (non-hydrogen) atoms. The van der Waals surface area contributed by atoms with Crippen molar-refractivity contribution >= 4 is 38.5 Å². The number of para-hydroxylation sites is 2. The Morgan fingerprint density at radius 3 is 2.15 bits per heavy atom. The van der Waals surface area contributed by atoms with Crippen molar-refractivity contribution in [1.82, 2.24) is 9.55 Å². The Morgan fingerprint density at radius 1 is 0.851 bits per heavy atom. The number of carbonyl (C=O) groups is 1. The molecule has 245 valence electrons. The molecule has 0 spiro atoms. The number of aliphatic hydroxyl groups excluding tert-OH is 1. The Bertz CT molecular complexity index is 1960. The number of fused-ring (bicyclic) bond motifs is 5. The molecule has 0 aliphatic carbocycles. The second kappa shape index (κ2) is 16.5. The first-order chi connectivity index (χ1) is 22.4. The summed E-state index contributed by atoms with van der Waals surface area (Å²) in [5.74, 6) is 1.35. The SMILES string of the molecule is CCC(CC)C(=O)/C=C(\O)C(CC)CC.COc1ccc2c(c1)nc(-c1[c-]cccc1)c1c2c2ccccc2n1-c1ccccc1.[Ir]. The molecule has 0 saturated heterocycles. The standard InChI is InChI=1S/C28H19N2O.C13H24O2.Ir/c1-31-21-16-17-22-24(18-21)29-27(19-10-4-2-5-11-19)28-26(22)23-14-8-9-15-25(23)30(28)20-12-6-3-7-13-20;1-5-10(6-2)12(14)9-13(15)11(7-3)8-4;/h2-10,12-18H,1H3;9-11,14H,5-8H2,1-4H3;/q-1;;/b;12-9-;. The number of aromatic nitrogens is 2. The Kier molecular flexibility index (Phi) is 12.5. The van der Waals surface area contributed by atoms with Gasteiger partial charge >= 0.3 is 0 Å². The van der Waals surface area contributed by atoms with Crippen LogP contribution < -0.4 is 4.74 Å². The fourth-order valence-electron chi connectivity index (χ4n) is 6.21. The summed E-state index contributed by atoms with van der Waals surface area (Å²) < 4.78 is 7.81. The molecule has 6 rings (SSSR count). The molecule has 1 radical (unpaired) electrons. The van der Waals surface area contributed by atoms with Crippen molar-refractivity contribution in [3.63, 3.8) is 0 Å². The van der Waals surface area contributed by atoms with Crippen LogP contribution in [0.3, 0.4) is 0 Å². The average molecular weight is 804 g/mol. The van der Waals surface area contributed by atoms with Crippen LogP contribution in [0.15, 0.2) is 109 Å². The Hall–Kier alpha value is -4.25. The summed E-state index contributed by atoms with van der Waals surface area (Å²) in [7, 11) is 1.69. The number of nitrogens with zero attached hydrogens (tertiary/aromatic N) is 2. The van der Waals surface area contributed by atoms with E-state index in [0.717, 1.165) is 70.3 Å². The van der Waals surface area contributed by atoms with Crippen LogP contribution in [-0.2, 0) is 24.9 Å². The molecule has 0 atom stereocenters. The van der Waals surface area contributed by atoms with Gasteiger partial charge in [0, 0.05) is 77.1 Å². The molecule has 6 aromatic rings. The maximum atomic E-state index is 11.7. The van der Waals surface area contributed by atoms with E-state index >= 15 is 0 Å². The monoisotopic (exact) mass is 804 g/mol. The van der Waals surface area contributed by atoms with Crippen molar-refractivity contribution in [3.8, 4) is 22.7 Å². The zero-order valence-corrected chi connectivity index (χ0v) is 30.2. The number of hydrogen-bond donors (Lipinski definition) is 1. The summed E-state index contributed by atoms with van der Waals surface area (Å²) in [5.41, 5.74) is 6.16. The van der Waals surface area contributed by atoms with Crippen molar-refractivity contribution < 1.29 is 34.7 Å². The van der Waals surface area contributed by atoms with Gasteiger partial charge < -0.3 is 14.4 Å². The van der Waals surface area contributed by atoms with Gasteiger partial charge in [0.15, 0.2) is 5.78 Å². The summed E-state index contributed by atoms with van der Waals surface area (Å²) in [6, 6.07) is 36.6. The maximum absolute atomic E-state index is 11.7. The molecule has 0 amide bonds. The van der Waals surface area contributed by atoms with E-state index in [4.69, 9.17) is 9.72 Å². The van der Waals surface area contributed by atoms with Crippen LogP contribution in [0.5, 0.6) is 5.75 Å². The first kappa shape index (κ1) is 35.6. The molecule has 0 fully saturated rings. The maximum Gasteiger partial charge on any atom is 0.162 e. The van der Waals surface area contributed by atoms with Gasteiger partial charge in [-0.05, 0) is 56.0 Å². The largest absolute Gasteiger partial charge is 0.512 e. The predicted molar refractivity (Wildman–Crippen MR) is 191 cm³/mol. The van der Waals surface area contributed by atoms with E-state index < -0.39 is 0 Å².